The van der Waals surface area contributed by atoms with Crippen LogP contribution in [0.1, 0.15) is 290 Å². The quantitative estimate of drug-likeness (QED) is 0.0415. The number of rotatable bonds is 45. The molecule has 0 aromatic carbocycles. The molecule has 0 aliphatic heterocycles. The van der Waals surface area contributed by atoms with Gasteiger partial charge in [0.25, 0.3) is 0 Å². The fourth-order valence-corrected chi connectivity index (χ4v) is 7.04. The number of carbonyl (C=O) groups is 3. The van der Waals surface area contributed by atoms with Crippen LogP contribution in [0.25, 0.3) is 0 Å². The third kappa shape index (κ3) is 75.9. The first-order valence-electron chi connectivity index (χ1n) is 25.9. The molecule has 0 rings (SSSR count). The number of aliphatic carboxylic acids is 3. The van der Waals surface area contributed by atoms with Crippen LogP contribution in [-0.2, 0) is 31.7 Å². The Bertz CT molecular complexity index is 827. The van der Waals surface area contributed by atoms with Crippen LogP contribution in [0.5, 0.6) is 0 Å². The van der Waals surface area contributed by atoms with E-state index in [9.17, 15) is 14.4 Å². The van der Waals surface area contributed by atoms with Crippen molar-refractivity contribution in [1.82, 2.24) is 0 Å². The summed E-state index contributed by atoms with van der Waals surface area (Å²) in [6, 6.07) is 0. The van der Waals surface area contributed by atoms with Crippen molar-refractivity contribution in [3.63, 3.8) is 0 Å². The Balaban J connectivity index is -0.000000396. The van der Waals surface area contributed by atoms with Gasteiger partial charge in [0.1, 0.15) is 0 Å². The minimum absolute atomic E-state index is 0. The van der Waals surface area contributed by atoms with E-state index in [-0.39, 0.29) is 17.4 Å². The molecule has 0 bridgehead atoms. The molecule has 0 aromatic heterocycles. The second-order valence-electron chi connectivity index (χ2n) is 17.2. The maximum Gasteiger partial charge on any atom is 0.303 e. The second-order valence-corrected chi connectivity index (χ2v) is 17.2. The van der Waals surface area contributed by atoms with E-state index in [0.29, 0.717) is 19.3 Å². The molecule has 0 aliphatic rings. The fraction of sp³-hybridized carbons (Fsp3) is 0.833. The average molecular weight is 899 g/mol. The van der Waals surface area contributed by atoms with Gasteiger partial charge >= 0.3 is 17.9 Å². The van der Waals surface area contributed by atoms with Crippen molar-refractivity contribution in [2.24, 2.45) is 0 Å². The van der Waals surface area contributed by atoms with Crippen molar-refractivity contribution in [2.45, 2.75) is 290 Å². The summed E-state index contributed by atoms with van der Waals surface area (Å²) in [6.07, 6.45) is 63.7. The fourth-order valence-electron chi connectivity index (χ4n) is 7.04. The van der Waals surface area contributed by atoms with Crippen LogP contribution in [0.4, 0.5) is 0 Å². The number of carboxylic acids is 3. The Morgan fingerprint density at radius 3 is 0.574 bits per heavy atom. The molecule has 3 N–H and O–H groups in total. The molecule has 0 saturated heterocycles. The van der Waals surface area contributed by atoms with Crippen LogP contribution in [0.2, 0.25) is 0 Å². The van der Waals surface area contributed by atoms with Crippen LogP contribution in [0.15, 0.2) is 36.5 Å². The SMILES string of the molecule is CCCCCCCC/C=C\CCCCCCCC(=O)O.CCCCCCCC/C=C\CCCCCCCC(=O)O.CCCCCCCC/C=C\CCCCCCCC(=O)O.[Cr]. The van der Waals surface area contributed by atoms with Gasteiger partial charge in [-0.15, -0.1) is 0 Å². The van der Waals surface area contributed by atoms with Crippen LogP contribution in [0, 0.1) is 0 Å². The van der Waals surface area contributed by atoms with Gasteiger partial charge < -0.3 is 15.3 Å². The predicted octanol–water partition coefficient (Wildman–Crippen LogP) is 18.3. The van der Waals surface area contributed by atoms with E-state index >= 15 is 0 Å². The summed E-state index contributed by atoms with van der Waals surface area (Å²) in [4.78, 5) is 31.0. The third-order valence-electron chi connectivity index (χ3n) is 11.0. The summed E-state index contributed by atoms with van der Waals surface area (Å²) in [5, 5.41) is 25.5. The molecule has 0 radical (unpaired) electrons. The smallest absolute Gasteiger partial charge is 0.303 e. The first-order valence-corrected chi connectivity index (χ1v) is 25.9. The summed E-state index contributed by atoms with van der Waals surface area (Å²) < 4.78 is 0. The normalized spacial score (nSPS) is 11.1. The number of unbranched alkanes of at least 4 members (excludes halogenated alkanes) is 33. The van der Waals surface area contributed by atoms with E-state index in [1.165, 1.54) is 212 Å². The number of carboxylic acid groups (broad SMARTS) is 3. The molecular weight excluding hydrogens is 797 g/mol. The van der Waals surface area contributed by atoms with Crippen molar-refractivity contribution in [3.8, 4) is 0 Å². The maximum atomic E-state index is 10.3. The summed E-state index contributed by atoms with van der Waals surface area (Å²) >= 11 is 0. The Hall–Kier alpha value is -1.84. The molecule has 360 valence electrons. The first kappa shape index (κ1) is 65.8. The molecule has 7 heteroatoms. The van der Waals surface area contributed by atoms with E-state index in [1.807, 2.05) is 0 Å². The molecule has 0 saturated carbocycles. The molecule has 0 fully saturated rings. The average Bonchev–Trinajstić information content (AvgIpc) is 3.22. The van der Waals surface area contributed by atoms with Crippen molar-refractivity contribution in [1.29, 1.82) is 0 Å². The van der Waals surface area contributed by atoms with Gasteiger partial charge in [-0.2, -0.15) is 0 Å². The summed E-state index contributed by atoms with van der Waals surface area (Å²) in [5.74, 6) is -1.99. The number of allylic oxidation sites excluding steroid dienone is 6. The topological polar surface area (TPSA) is 112 Å². The van der Waals surface area contributed by atoms with Gasteiger partial charge in [-0.3, -0.25) is 14.4 Å². The summed E-state index contributed by atoms with van der Waals surface area (Å²) in [5.41, 5.74) is 0. The second kappa shape index (κ2) is 62.5. The number of hydrogen-bond acceptors (Lipinski definition) is 3. The zero-order chi connectivity index (χ0) is 44.7. The minimum atomic E-state index is -0.664. The van der Waals surface area contributed by atoms with Gasteiger partial charge in [0.15, 0.2) is 0 Å². The van der Waals surface area contributed by atoms with E-state index in [0.717, 1.165) is 38.5 Å². The predicted molar refractivity (Wildman–Crippen MR) is 261 cm³/mol. The zero-order valence-corrected chi connectivity index (χ0v) is 41.9. The van der Waals surface area contributed by atoms with Crippen molar-refractivity contribution >= 4 is 17.9 Å². The van der Waals surface area contributed by atoms with Crippen LogP contribution < -0.4 is 0 Å². The summed E-state index contributed by atoms with van der Waals surface area (Å²) in [7, 11) is 0. The Labute approximate surface area is 390 Å². The van der Waals surface area contributed by atoms with Gasteiger partial charge in [-0.1, -0.05) is 211 Å². The van der Waals surface area contributed by atoms with Crippen LogP contribution in [-0.4, -0.2) is 33.2 Å². The molecule has 61 heavy (non-hydrogen) atoms. The maximum absolute atomic E-state index is 10.3. The van der Waals surface area contributed by atoms with Gasteiger partial charge in [0, 0.05) is 36.6 Å². The van der Waals surface area contributed by atoms with E-state index in [2.05, 4.69) is 57.2 Å². The van der Waals surface area contributed by atoms with Gasteiger partial charge in [-0.25, -0.2) is 0 Å². The Morgan fingerprint density at radius 1 is 0.262 bits per heavy atom. The molecule has 0 spiro atoms. The molecule has 0 amide bonds. The summed E-state index contributed by atoms with van der Waals surface area (Å²) in [6.45, 7) is 6.78. The van der Waals surface area contributed by atoms with Gasteiger partial charge in [0.05, 0.1) is 0 Å². The minimum Gasteiger partial charge on any atom is -0.481 e. The molecule has 0 aliphatic carbocycles. The van der Waals surface area contributed by atoms with Crippen LogP contribution in [0.3, 0.4) is 0 Å². The number of hydrogen-bond donors (Lipinski definition) is 3. The third-order valence-corrected chi connectivity index (χ3v) is 11.0. The van der Waals surface area contributed by atoms with Crippen molar-refractivity contribution in [3.05, 3.63) is 36.5 Å². The first-order chi connectivity index (χ1) is 29.3. The molecular formula is C54H102CrO6. The standard InChI is InChI=1S/3C18H34O2.Cr/c3*1-2-3-4-5-6-7-8-9-10-11-12-13-14-15-16-17-18(19)20;/h3*9-10H,2-8,11-17H2,1H3,(H,19,20);/b3*10-9-;. The largest absolute Gasteiger partial charge is 0.481 e. The monoisotopic (exact) mass is 899 g/mol. The zero-order valence-electron chi connectivity index (χ0n) is 40.6. The molecule has 0 aromatic rings. The van der Waals surface area contributed by atoms with E-state index < -0.39 is 17.9 Å². The Morgan fingerprint density at radius 2 is 0.410 bits per heavy atom. The molecule has 0 atom stereocenters. The van der Waals surface area contributed by atoms with E-state index in [4.69, 9.17) is 15.3 Å². The van der Waals surface area contributed by atoms with Gasteiger partial charge in [0.2, 0.25) is 0 Å². The molecule has 0 heterocycles. The van der Waals surface area contributed by atoms with E-state index in [1.54, 1.807) is 0 Å². The van der Waals surface area contributed by atoms with Crippen molar-refractivity contribution in [2.75, 3.05) is 0 Å². The Kier molecular flexibility index (Phi) is 67.3. The molecule has 0 unspecified atom stereocenters. The van der Waals surface area contributed by atoms with Gasteiger partial charge in [-0.05, 0) is 96.3 Å². The van der Waals surface area contributed by atoms with Crippen LogP contribution >= 0.6 is 0 Å². The molecule has 6 nitrogen and oxygen atoms in total. The van der Waals surface area contributed by atoms with Crippen molar-refractivity contribution < 1.29 is 47.1 Å².